The molecule has 1 fully saturated rings. The molecule has 0 radical (unpaired) electrons. The summed E-state index contributed by atoms with van der Waals surface area (Å²) in [6.07, 6.45) is 0.681. The van der Waals surface area contributed by atoms with Crippen molar-refractivity contribution in [2.24, 2.45) is 0 Å². The molecule has 1 aromatic carbocycles. The van der Waals surface area contributed by atoms with Crippen LogP contribution in [0.4, 0.5) is 10.5 Å². The third kappa shape index (κ3) is 5.95. The van der Waals surface area contributed by atoms with Crippen LogP contribution < -0.4 is 10.1 Å². The number of nitrogens with one attached hydrogen (secondary N) is 1. The van der Waals surface area contributed by atoms with Gasteiger partial charge in [-0.05, 0) is 72.2 Å². The number of amides is 1. The van der Waals surface area contributed by atoms with Gasteiger partial charge in [0.1, 0.15) is 17.0 Å². The number of hydrogen-bond donors (Lipinski definition) is 1. The standard InChI is InChI=1S/C19H30N2O3/c1-18(2,3)23-16-9-7-14(8-10-16)20-15-11-12-21(13-15)17(22)24-19(4,5)6/h7-10,15,20H,11-13H2,1-6H3/t15-/m0/s1. The Morgan fingerprint density at radius 1 is 1.08 bits per heavy atom. The molecule has 1 saturated heterocycles. The summed E-state index contributed by atoms with van der Waals surface area (Å²) >= 11 is 0. The number of ether oxygens (including phenoxy) is 2. The van der Waals surface area contributed by atoms with Crippen LogP contribution in [-0.4, -0.2) is 41.3 Å². The van der Waals surface area contributed by atoms with Crippen molar-refractivity contribution in [2.45, 2.75) is 65.2 Å². The molecule has 5 heteroatoms. The molecule has 0 aliphatic carbocycles. The van der Waals surface area contributed by atoms with Gasteiger partial charge in [0.05, 0.1) is 0 Å². The average molecular weight is 334 g/mol. The monoisotopic (exact) mass is 334 g/mol. The van der Waals surface area contributed by atoms with Gasteiger partial charge in [-0.3, -0.25) is 0 Å². The molecule has 0 unspecified atom stereocenters. The highest BCUT2D eigenvalue weighted by Crippen LogP contribution is 2.23. The average Bonchev–Trinajstić information content (AvgIpc) is 2.86. The van der Waals surface area contributed by atoms with Gasteiger partial charge < -0.3 is 19.7 Å². The molecular weight excluding hydrogens is 304 g/mol. The van der Waals surface area contributed by atoms with E-state index in [0.717, 1.165) is 24.4 Å². The second-order valence-electron chi connectivity index (χ2n) is 8.30. The fraction of sp³-hybridized carbons (Fsp3) is 0.632. The van der Waals surface area contributed by atoms with E-state index in [-0.39, 0.29) is 17.7 Å². The quantitative estimate of drug-likeness (QED) is 0.896. The van der Waals surface area contributed by atoms with Crippen molar-refractivity contribution in [3.63, 3.8) is 0 Å². The van der Waals surface area contributed by atoms with Gasteiger partial charge >= 0.3 is 6.09 Å². The predicted molar refractivity (Wildman–Crippen MR) is 96.7 cm³/mol. The summed E-state index contributed by atoms with van der Waals surface area (Å²) in [5.41, 5.74) is 0.382. The Labute approximate surface area is 145 Å². The largest absolute Gasteiger partial charge is 0.488 e. The Hall–Kier alpha value is -1.91. The van der Waals surface area contributed by atoms with Crippen LogP contribution in [0, 0.1) is 0 Å². The molecule has 1 aromatic rings. The zero-order valence-electron chi connectivity index (χ0n) is 15.7. The van der Waals surface area contributed by atoms with Crippen LogP contribution in [0.3, 0.4) is 0 Å². The van der Waals surface area contributed by atoms with E-state index in [1.54, 1.807) is 4.90 Å². The summed E-state index contributed by atoms with van der Waals surface area (Å²) in [5.74, 6) is 0.856. The Morgan fingerprint density at radius 3 is 2.25 bits per heavy atom. The van der Waals surface area contributed by atoms with Gasteiger partial charge in [0.15, 0.2) is 0 Å². The van der Waals surface area contributed by atoms with Crippen LogP contribution in [0.15, 0.2) is 24.3 Å². The normalized spacial score (nSPS) is 18.4. The molecule has 1 atom stereocenters. The van der Waals surface area contributed by atoms with Crippen molar-refractivity contribution in [1.29, 1.82) is 0 Å². The van der Waals surface area contributed by atoms with Crippen molar-refractivity contribution in [3.05, 3.63) is 24.3 Å². The molecule has 2 rings (SSSR count). The van der Waals surface area contributed by atoms with Gasteiger partial charge in [0.2, 0.25) is 0 Å². The maximum atomic E-state index is 12.1. The van der Waals surface area contributed by atoms with E-state index in [2.05, 4.69) is 5.32 Å². The first-order chi connectivity index (χ1) is 11.0. The van der Waals surface area contributed by atoms with E-state index in [1.165, 1.54) is 0 Å². The second kappa shape index (κ2) is 6.91. The topological polar surface area (TPSA) is 50.8 Å². The maximum absolute atomic E-state index is 12.1. The van der Waals surface area contributed by atoms with Crippen LogP contribution >= 0.6 is 0 Å². The number of carbonyl (C=O) groups excluding carboxylic acids is 1. The molecule has 1 N–H and O–H groups in total. The molecule has 0 aromatic heterocycles. The smallest absolute Gasteiger partial charge is 0.410 e. The first kappa shape index (κ1) is 18.4. The molecule has 1 aliphatic rings. The molecule has 1 heterocycles. The van der Waals surface area contributed by atoms with E-state index in [1.807, 2.05) is 65.8 Å². The predicted octanol–water partition coefficient (Wildman–Crippen LogP) is 4.29. The highest BCUT2D eigenvalue weighted by atomic mass is 16.6. The SMILES string of the molecule is CC(C)(C)OC(=O)N1CC[C@H](Nc2ccc(OC(C)(C)C)cc2)C1. The number of carbonyl (C=O) groups is 1. The molecule has 24 heavy (non-hydrogen) atoms. The zero-order valence-corrected chi connectivity index (χ0v) is 15.7. The lowest BCUT2D eigenvalue weighted by molar-refractivity contribution is 0.0293. The second-order valence-corrected chi connectivity index (χ2v) is 8.30. The van der Waals surface area contributed by atoms with Crippen molar-refractivity contribution in [2.75, 3.05) is 18.4 Å². The highest BCUT2D eigenvalue weighted by Gasteiger charge is 2.29. The molecule has 0 saturated carbocycles. The Morgan fingerprint density at radius 2 is 1.71 bits per heavy atom. The van der Waals surface area contributed by atoms with Crippen molar-refractivity contribution < 1.29 is 14.3 Å². The van der Waals surface area contributed by atoms with E-state index >= 15 is 0 Å². The summed E-state index contributed by atoms with van der Waals surface area (Å²) in [4.78, 5) is 13.9. The van der Waals surface area contributed by atoms with Crippen molar-refractivity contribution in [1.82, 2.24) is 4.90 Å². The summed E-state index contributed by atoms with van der Waals surface area (Å²) in [6, 6.07) is 8.20. The zero-order chi connectivity index (χ0) is 18.0. The van der Waals surface area contributed by atoms with E-state index in [0.29, 0.717) is 6.54 Å². The Kier molecular flexibility index (Phi) is 5.31. The summed E-state index contributed by atoms with van der Waals surface area (Å²) in [7, 11) is 0. The lowest BCUT2D eigenvalue weighted by Gasteiger charge is -2.24. The first-order valence-corrected chi connectivity index (χ1v) is 8.55. The molecule has 0 spiro atoms. The lowest BCUT2D eigenvalue weighted by Crippen LogP contribution is -2.36. The minimum Gasteiger partial charge on any atom is -0.488 e. The Bertz CT molecular complexity index is 555. The minimum absolute atomic E-state index is 0.200. The molecule has 1 aliphatic heterocycles. The lowest BCUT2D eigenvalue weighted by atomic mass is 10.2. The minimum atomic E-state index is -0.453. The van der Waals surface area contributed by atoms with Gasteiger partial charge in [-0.1, -0.05) is 0 Å². The van der Waals surface area contributed by atoms with Gasteiger partial charge in [-0.2, -0.15) is 0 Å². The maximum Gasteiger partial charge on any atom is 0.410 e. The Balaban J connectivity index is 1.86. The highest BCUT2D eigenvalue weighted by molar-refractivity contribution is 5.68. The third-order valence-electron chi connectivity index (χ3n) is 3.49. The van der Waals surface area contributed by atoms with Crippen LogP contribution in [0.2, 0.25) is 0 Å². The molecule has 5 nitrogen and oxygen atoms in total. The number of rotatable bonds is 3. The van der Waals surface area contributed by atoms with Crippen LogP contribution in [0.25, 0.3) is 0 Å². The number of anilines is 1. The number of benzene rings is 1. The van der Waals surface area contributed by atoms with E-state index in [9.17, 15) is 4.79 Å². The van der Waals surface area contributed by atoms with Crippen molar-refractivity contribution in [3.8, 4) is 5.75 Å². The van der Waals surface area contributed by atoms with Crippen molar-refractivity contribution >= 4 is 11.8 Å². The fourth-order valence-electron chi connectivity index (χ4n) is 2.58. The molecule has 134 valence electrons. The molecular formula is C19H30N2O3. The summed E-state index contributed by atoms with van der Waals surface area (Å²) in [6.45, 7) is 13.1. The third-order valence-corrected chi connectivity index (χ3v) is 3.49. The first-order valence-electron chi connectivity index (χ1n) is 8.55. The van der Waals surface area contributed by atoms with Crippen LogP contribution in [0.5, 0.6) is 5.75 Å². The number of hydrogen-bond acceptors (Lipinski definition) is 4. The summed E-state index contributed by atoms with van der Waals surface area (Å²) < 4.78 is 11.2. The molecule has 1 amide bonds. The number of nitrogens with zero attached hydrogens (tertiary/aromatic N) is 1. The van der Waals surface area contributed by atoms with Gasteiger partial charge in [-0.15, -0.1) is 0 Å². The van der Waals surface area contributed by atoms with Crippen LogP contribution in [-0.2, 0) is 4.74 Å². The van der Waals surface area contributed by atoms with Gasteiger partial charge in [-0.25, -0.2) is 4.79 Å². The van der Waals surface area contributed by atoms with Gasteiger partial charge in [0, 0.05) is 24.8 Å². The number of likely N-dealkylation sites (tertiary alicyclic amines) is 1. The van der Waals surface area contributed by atoms with Crippen LogP contribution in [0.1, 0.15) is 48.0 Å². The molecule has 0 bridgehead atoms. The van der Waals surface area contributed by atoms with Gasteiger partial charge in [0.25, 0.3) is 0 Å². The fourth-order valence-corrected chi connectivity index (χ4v) is 2.58. The van der Waals surface area contributed by atoms with E-state index < -0.39 is 5.60 Å². The van der Waals surface area contributed by atoms with E-state index in [4.69, 9.17) is 9.47 Å². The summed E-state index contributed by atoms with van der Waals surface area (Å²) in [5, 5.41) is 3.47.